The van der Waals surface area contributed by atoms with Crippen LogP contribution in [0.2, 0.25) is 0 Å². The molecular formula is C23H31N3O4. The summed E-state index contributed by atoms with van der Waals surface area (Å²) in [4.78, 5) is 43.8. The van der Waals surface area contributed by atoms with Gasteiger partial charge in [0.2, 0.25) is 11.8 Å². The van der Waals surface area contributed by atoms with Crippen molar-refractivity contribution in [3.63, 3.8) is 0 Å². The minimum absolute atomic E-state index is 0.0648. The number of amides is 3. The molecule has 3 saturated heterocycles. The lowest BCUT2D eigenvalue weighted by atomic mass is 9.95. The van der Waals surface area contributed by atoms with E-state index in [1.165, 1.54) is 0 Å². The smallest absolute Gasteiger partial charge is 0.251 e. The van der Waals surface area contributed by atoms with Gasteiger partial charge in [0, 0.05) is 45.9 Å². The molecule has 3 fully saturated rings. The van der Waals surface area contributed by atoms with Crippen LogP contribution in [0.25, 0.3) is 0 Å². The van der Waals surface area contributed by atoms with Gasteiger partial charge in [-0.3, -0.25) is 14.4 Å². The summed E-state index contributed by atoms with van der Waals surface area (Å²) in [5.41, 5.74) is 1.00. The molecule has 0 aliphatic carbocycles. The number of hydrogen-bond acceptors (Lipinski definition) is 4. The Hall–Kier alpha value is -2.41. The minimum Gasteiger partial charge on any atom is -0.368 e. The average Bonchev–Trinajstić information content (AvgIpc) is 3.34. The van der Waals surface area contributed by atoms with Gasteiger partial charge in [-0.2, -0.15) is 0 Å². The molecule has 30 heavy (non-hydrogen) atoms. The first-order valence-electron chi connectivity index (χ1n) is 11.1. The van der Waals surface area contributed by atoms with Crippen molar-refractivity contribution in [2.75, 3.05) is 45.9 Å². The van der Waals surface area contributed by atoms with Gasteiger partial charge in [-0.1, -0.05) is 30.3 Å². The first-order valence-corrected chi connectivity index (χ1v) is 11.1. The van der Waals surface area contributed by atoms with Gasteiger partial charge in [0.25, 0.3) is 5.91 Å². The van der Waals surface area contributed by atoms with E-state index in [0.717, 1.165) is 37.8 Å². The van der Waals surface area contributed by atoms with Gasteiger partial charge >= 0.3 is 0 Å². The molecule has 0 spiro atoms. The minimum atomic E-state index is -0.296. The van der Waals surface area contributed by atoms with E-state index in [4.69, 9.17) is 4.74 Å². The van der Waals surface area contributed by atoms with Crippen LogP contribution >= 0.6 is 0 Å². The highest BCUT2D eigenvalue weighted by Crippen LogP contribution is 2.22. The van der Waals surface area contributed by atoms with Crippen molar-refractivity contribution in [1.82, 2.24) is 14.7 Å². The second kappa shape index (κ2) is 9.60. The van der Waals surface area contributed by atoms with E-state index in [1.54, 1.807) is 0 Å². The lowest BCUT2D eigenvalue weighted by Gasteiger charge is -2.39. The Balaban J connectivity index is 1.27. The van der Waals surface area contributed by atoms with E-state index in [1.807, 2.05) is 45.0 Å². The number of hydrogen-bond donors (Lipinski definition) is 0. The summed E-state index contributed by atoms with van der Waals surface area (Å²) >= 11 is 0. The lowest BCUT2D eigenvalue weighted by Crippen LogP contribution is -2.55. The molecule has 0 radical (unpaired) electrons. The Labute approximate surface area is 177 Å². The fourth-order valence-electron chi connectivity index (χ4n) is 4.67. The largest absolute Gasteiger partial charge is 0.368 e. The Morgan fingerprint density at radius 3 is 2.20 bits per heavy atom. The van der Waals surface area contributed by atoms with Crippen molar-refractivity contribution in [3.8, 4) is 0 Å². The molecule has 3 amide bonds. The molecule has 2 unspecified atom stereocenters. The molecule has 1 aromatic carbocycles. The summed E-state index contributed by atoms with van der Waals surface area (Å²) in [7, 11) is 0. The Morgan fingerprint density at radius 2 is 1.53 bits per heavy atom. The highest BCUT2D eigenvalue weighted by atomic mass is 16.5. The summed E-state index contributed by atoms with van der Waals surface area (Å²) in [5, 5.41) is 0. The number of ether oxygens (including phenoxy) is 1. The second-order valence-corrected chi connectivity index (χ2v) is 8.49. The Morgan fingerprint density at radius 1 is 0.833 bits per heavy atom. The molecule has 0 bridgehead atoms. The maximum Gasteiger partial charge on any atom is 0.251 e. The fraction of sp³-hybridized carbons (Fsp3) is 0.609. The number of carbonyl (C=O) groups is 3. The topological polar surface area (TPSA) is 70.2 Å². The zero-order valence-electron chi connectivity index (χ0n) is 17.5. The van der Waals surface area contributed by atoms with Gasteiger partial charge in [-0.25, -0.2) is 0 Å². The summed E-state index contributed by atoms with van der Waals surface area (Å²) in [5.74, 6) is 0.135. The van der Waals surface area contributed by atoms with Gasteiger partial charge < -0.3 is 19.4 Å². The van der Waals surface area contributed by atoms with Crippen molar-refractivity contribution >= 4 is 17.7 Å². The van der Waals surface area contributed by atoms with Gasteiger partial charge in [-0.15, -0.1) is 0 Å². The van der Waals surface area contributed by atoms with Crippen molar-refractivity contribution < 1.29 is 19.1 Å². The van der Waals surface area contributed by atoms with Crippen molar-refractivity contribution in [2.45, 2.75) is 38.2 Å². The number of likely N-dealkylation sites (tertiary alicyclic amines) is 1. The molecule has 1 aromatic rings. The summed E-state index contributed by atoms with van der Waals surface area (Å²) in [6.45, 7) is 4.13. The SMILES string of the molecule is O=C(Cc1ccccc1)N1CCCC(C(=O)N2CCN(C(=O)C3CCCO3)CC2)C1. The third-order valence-electron chi connectivity index (χ3n) is 6.43. The number of piperazine rings is 1. The van der Waals surface area contributed by atoms with Gasteiger partial charge in [0.15, 0.2) is 0 Å². The van der Waals surface area contributed by atoms with Crippen molar-refractivity contribution in [1.29, 1.82) is 0 Å². The van der Waals surface area contributed by atoms with Crippen LogP contribution in [-0.2, 0) is 25.5 Å². The third-order valence-corrected chi connectivity index (χ3v) is 6.43. The predicted octanol–water partition coefficient (Wildman–Crippen LogP) is 1.32. The number of nitrogens with zero attached hydrogens (tertiary/aromatic N) is 3. The van der Waals surface area contributed by atoms with Crippen LogP contribution in [0.3, 0.4) is 0 Å². The van der Waals surface area contributed by atoms with Crippen LogP contribution in [0.1, 0.15) is 31.2 Å². The second-order valence-electron chi connectivity index (χ2n) is 8.49. The molecule has 162 valence electrons. The molecule has 7 nitrogen and oxygen atoms in total. The van der Waals surface area contributed by atoms with E-state index >= 15 is 0 Å². The molecular weight excluding hydrogens is 382 g/mol. The molecule has 0 aromatic heterocycles. The highest BCUT2D eigenvalue weighted by molar-refractivity contribution is 5.83. The average molecular weight is 414 g/mol. The number of carbonyl (C=O) groups excluding carboxylic acids is 3. The molecule has 4 rings (SSSR count). The van der Waals surface area contributed by atoms with Crippen LogP contribution in [0.5, 0.6) is 0 Å². The van der Waals surface area contributed by atoms with Gasteiger partial charge in [0.1, 0.15) is 6.10 Å². The molecule has 0 saturated carbocycles. The fourth-order valence-corrected chi connectivity index (χ4v) is 4.67. The van der Waals surface area contributed by atoms with Crippen LogP contribution in [0.15, 0.2) is 30.3 Å². The lowest BCUT2D eigenvalue weighted by molar-refractivity contribution is -0.148. The molecule has 3 aliphatic heterocycles. The summed E-state index contributed by atoms with van der Waals surface area (Å²) in [6.07, 6.45) is 3.50. The summed E-state index contributed by atoms with van der Waals surface area (Å²) < 4.78 is 5.50. The normalized spacial score (nSPS) is 24.7. The standard InChI is InChI=1S/C23H31N3O4/c27-21(16-18-6-2-1-3-7-18)26-10-4-8-19(17-26)22(28)24-11-13-25(14-12-24)23(29)20-9-5-15-30-20/h1-3,6-7,19-20H,4-5,8-17H2. The van der Waals surface area contributed by atoms with Gasteiger partial charge in [-0.05, 0) is 31.2 Å². The van der Waals surface area contributed by atoms with Crippen LogP contribution in [0.4, 0.5) is 0 Å². The van der Waals surface area contributed by atoms with E-state index in [0.29, 0.717) is 45.8 Å². The maximum atomic E-state index is 13.1. The molecule has 2 atom stereocenters. The first kappa shape index (κ1) is 20.8. The monoisotopic (exact) mass is 413 g/mol. The molecule has 0 N–H and O–H groups in total. The Kier molecular flexibility index (Phi) is 6.67. The molecule has 7 heteroatoms. The van der Waals surface area contributed by atoms with Gasteiger partial charge in [0.05, 0.1) is 12.3 Å². The number of piperidine rings is 1. The Bertz CT molecular complexity index is 755. The third kappa shape index (κ3) is 4.83. The van der Waals surface area contributed by atoms with Crippen LogP contribution in [0, 0.1) is 5.92 Å². The van der Waals surface area contributed by atoms with Crippen LogP contribution in [-0.4, -0.2) is 84.4 Å². The van der Waals surface area contributed by atoms with E-state index in [2.05, 4.69) is 0 Å². The zero-order valence-corrected chi connectivity index (χ0v) is 17.5. The van der Waals surface area contributed by atoms with Crippen LogP contribution < -0.4 is 0 Å². The predicted molar refractivity (Wildman–Crippen MR) is 112 cm³/mol. The number of rotatable bonds is 4. The quantitative estimate of drug-likeness (QED) is 0.747. The highest BCUT2D eigenvalue weighted by Gasteiger charge is 2.35. The van der Waals surface area contributed by atoms with E-state index < -0.39 is 0 Å². The summed E-state index contributed by atoms with van der Waals surface area (Å²) in [6, 6.07) is 9.74. The maximum absolute atomic E-state index is 13.1. The number of benzene rings is 1. The first-order chi connectivity index (χ1) is 14.6. The van der Waals surface area contributed by atoms with Crippen molar-refractivity contribution in [2.24, 2.45) is 5.92 Å². The van der Waals surface area contributed by atoms with E-state index in [-0.39, 0.29) is 29.7 Å². The molecule has 3 heterocycles. The zero-order chi connectivity index (χ0) is 20.9. The van der Waals surface area contributed by atoms with Crippen molar-refractivity contribution in [3.05, 3.63) is 35.9 Å². The molecule has 3 aliphatic rings. The van der Waals surface area contributed by atoms with E-state index in [9.17, 15) is 14.4 Å².